The van der Waals surface area contributed by atoms with E-state index >= 15 is 0 Å². The summed E-state index contributed by atoms with van der Waals surface area (Å²) in [6.45, 7) is 17.6. The zero-order chi connectivity index (χ0) is 40.6. The van der Waals surface area contributed by atoms with E-state index in [0.29, 0.717) is 0 Å². The smallest absolute Gasteiger partial charge is 0.222 e. The number of aryl methyl sites for hydroxylation is 5. The van der Waals surface area contributed by atoms with E-state index in [2.05, 4.69) is 167 Å². The summed E-state index contributed by atoms with van der Waals surface area (Å²) in [5, 5.41) is 2.27. The summed E-state index contributed by atoms with van der Waals surface area (Å²) in [5.41, 5.74) is 19.1. The molecule has 0 saturated heterocycles. The second kappa shape index (κ2) is 17.1. The first kappa shape index (κ1) is 41.2. The van der Waals surface area contributed by atoms with E-state index in [1.165, 1.54) is 44.5 Å². The van der Waals surface area contributed by atoms with Gasteiger partial charge in [0.25, 0.3) is 0 Å². The van der Waals surface area contributed by atoms with Crippen LogP contribution in [-0.2, 0) is 25.5 Å². The van der Waals surface area contributed by atoms with Crippen LogP contribution in [0.1, 0.15) is 54.2 Å². The fraction of sp³-hybridized carbons (Fsp3) is 0.167. The van der Waals surface area contributed by atoms with E-state index < -0.39 is 0 Å². The van der Waals surface area contributed by atoms with Crippen molar-refractivity contribution in [2.24, 2.45) is 0 Å². The number of aromatic nitrogens is 3. The van der Waals surface area contributed by atoms with Crippen molar-refractivity contribution in [3.05, 3.63) is 191 Å². The molecule has 0 aliphatic carbocycles. The molecule has 295 valence electrons. The second-order valence-electron chi connectivity index (χ2n) is 16.3. The van der Waals surface area contributed by atoms with Crippen molar-refractivity contribution in [3.63, 3.8) is 0 Å². The zero-order valence-electron chi connectivity index (χ0n) is 34.9. The van der Waals surface area contributed by atoms with Crippen molar-refractivity contribution in [2.45, 2.75) is 60.8 Å². The summed E-state index contributed by atoms with van der Waals surface area (Å²) in [7, 11) is 0. The van der Waals surface area contributed by atoms with Crippen LogP contribution in [0.15, 0.2) is 150 Å². The number of hydrogen-bond donors (Lipinski definition) is 0. The van der Waals surface area contributed by atoms with Crippen LogP contribution in [0, 0.1) is 46.8 Å². The van der Waals surface area contributed by atoms with Gasteiger partial charge in [0.1, 0.15) is 11.2 Å². The van der Waals surface area contributed by atoms with E-state index in [1.807, 2.05) is 60.9 Å². The first-order chi connectivity index (χ1) is 27.9. The van der Waals surface area contributed by atoms with Crippen molar-refractivity contribution in [1.29, 1.82) is 0 Å². The van der Waals surface area contributed by atoms with E-state index in [-0.39, 0.29) is 25.5 Å². The Balaban J connectivity index is 0.000000204. The Labute approximate surface area is 362 Å². The van der Waals surface area contributed by atoms with Gasteiger partial charge in [-0.3, -0.25) is 0 Å². The van der Waals surface area contributed by atoms with Crippen molar-refractivity contribution in [3.8, 4) is 50.6 Å². The van der Waals surface area contributed by atoms with Crippen molar-refractivity contribution >= 4 is 21.9 Å². The molecule has 0 N–H and O–H groups in total. The number of pyridine rings is 3. The molecule has 0 aliphatic rings. The van der Waals surface area contributed by atoms with Gasteiger partial charge >= 0.3 is 0 Å². The predicted octanol–water partition coefficient (Wildman–Crippen LogP) is 13.4. The summed E-state index contributed by atoms with van der Waals surface area (Å²) in [5.74, 6) is 0. The predicted molar refractivity (Wildman–Crippen MR) is 239 cm³/mol. The largest absolute Gasteiger partial charge is 0.455 e. The minimum absolute atomic E-state index is 0. The quantitative estimate of drug-likeness (QED) is 0.128. The molecule has 9 rings (SSSR count). The molecule has 1 radical (unpaired) electrons. The minimum Gasteiger partial charge on any atom is -0.455 e. The minimum atomic E-state index is -0.000783. The van der Waals surface area contributed by atoms with Gasteiger partial charge in [-0.15, -0.1) is 71.8 Å². The van der Waals surface area contributed by atoms with Gasteiger partial charge in [0.05, 0.1) is 5.56 Å². The van der Waals surface area contributed by atoms with E-state index in [0.717, 1.165) is 61.4 Å². The van der Waals surface area contributed by atoms with E-state index in [9.17, 15) is 0 Å². The van der Waals surface area contributed by atoms with Gasteiger partial charge in [0.2, 0.25) is 11.4 Å². The third-order valence-electron chi connectivity index (χ3n) is 10.7. The first-order valence-electron chi connectivity index (χ1n) is 19.9. The van der Waals surface area contributed by atoms with Crippen molar-refractivity contribution in [2.75, 3.05) is 0 Å². The first-order valence-corrected chi connectivity index (χ1v) is 19.9. The number of benzene rings is 5. The molecule has 0 spiro atoms. The average molecular weight is 947 g/mol. The molecule has 0 saturated carbocycles. The Kier molecular flexibility index (Phi) is 11.9. The molecule has 0 atom stereocenters. The fourth-order valence-electron chi connectivity index (χ4n) is 8.18. The Morgan fingerprint density at radius 1 is 0.593 bits per heavy atom. The standard InChI is InChI=1S/C34H30N2O.C20H18N.Ir/c1-22-14-15-26-27-12-9-13-28(33(27)37-32(26)18-22)31-20-29(34(3,4)5)23(2)21-36(31)25-16-17-35-30(19-25)24-10-7-6-8-11-24;1-14-11-15(2)20(16(3)12-14)18-9-10-21-19(13-18)17-7-5-4-6-8-17;/h6-10,12-21H,1-5H3;4-7,9-13H,1-3H3;/q;-1;. The molecule has 5 heteroatoms. The maximum atomic E-state index is 6.53. The van der Waals surface area contributed by atoms with E-state index in [4.69, 9.17) is 4.42 Å². The second-order valence-corrected chi connectivity index (χ2v) is 16.3. The molecule has 4 nitrogen and oxygen atoms in total. The topological polar surface area (TPSA) is 42.8 Å². The van der Waals surface area contributed by atoms with Crippen LogP contribution in [0.5, 0.6) is 0 Å². The summed E-state index contributed by atoms with van der Waals surface area (Å²) in [6.07, 6.45) is 6.00. The van der Waals surface area contributed by atoms with Crippen molar-refractivity contribution < 1.29 is 29.1 Å². The van der Waals surface area contributed by atoms with Gasteiger partial charge in [-0.25, -0.2) is 0 Å². The number of hydrogen-bond acceptors (Lipinski definition) is 3. The molecular formula is C54H48IrN3O-. The van der Waals surface area contributed by atoms with Gasteiger partial charge in [0.15, 0.2) is 6.20 Å². The molecule has 4 heterocycles. The number of nitrogens with zero attached hydrogens (tertiary/aromatic N) is 3. The summed E-state index contributed by atoms with van der Waals surface area (Å²) in [4.78, 5) is 9.12. The van der Waals surface area contributed by atoms with Gasteiger partial charge in [0, 0.05) is 61.0 Å². The molecule has 0 aliphatic heterocycles. The third-order valence-corrected chi connectivity index (χ3v) is 10.7. The number of fused-ring (bicyclic) bond motifs is 3. The summed E-state index contributed by atoms with van der Waals surface area (Å²) in [6, 6.07) is 50.6. The summed E-state index contributed by atoms with van der Waals surface area (Å²) < 4.78 is 8.80. The van der Waals surface area contributed by atoms with E-state index in [1.54, 1.807) is 0 Å². The zero-order valence-corrected chi connectivity index (χ0v) is 37.3. The van der Waals surface area contributed by atoms with Crippen LogP contribution in [0.4, 0.5) is 0 Å². The molecule has 5 aromatic carbocycles. The number of para-hydroxylation sites is 1. The molecule has 59 heavy (non-hydrogen) atoms. The van der Waals surface area contributed by atoms with Crippen LogP contribution in [0.2, 0.25) is 0 Å². The van der Waals surface area contributed by atoms with Crippen LogP contribution in [0.25, 0.3) is 72.5 Å². The monoisotopic (exact) mass is 947 g/mol. The summed E-state index contributed by atoms with van der Waals surface area (Å²) >= 11 is 0. The Bertz CT molecular complexity index is 2900. The maximum Gasteiger partial charge on any atom is 0.222 e. The van der Waals surface area contributed by atoms with Crippen LogP contribution in [-0.4, -0.2) is 9.97 Å². The molecule has 4 aromatic heterocycles. The third kappa shape index (κ3) is 8.59. The average Bonchev–Trinajstić information content (AvgIpc) is 3.59. The van der Waals surface area contributed by atoms with Gasteiger partial charge in [-0.2, -0.15) is 4.57 Å². The van der Waals surface area contributed by atoms with Crippen LogP contribution < -0.4 is 4.57 Å². The molecule has 0 amide bonds. The Morgan fingerprint density at radius 3 is 1.90 bits per heavy atom. The van der Waals surface area contributed by atoms with Crippen LogP contribution in [0.3, 0.4) is 0 Å². The number of rotatable bonds is 5. The van der Waals surface area contributed by atoms with Crippen molar-refractivity contribution in [1.82, 2.24) is 9.97 Å². The van der Waals surface area contributed by atoms with Gasteiger partial charge < -0.3 is 14.4 Å². The van der Waals surface area contributed by atoms with Gasteiger partial charge in [-0.05, 0) is 109 Å². The molecule has 0 bridgehead atoms. The maximum absolute atomic E-state index is 6.53. The Hall–Kier alpha value is -6.00. The molecule has 0 fully saturated rings. The molecule has 9 aromatic rings. The fourth-order valence-corrected chi connectivity index (χ4v) is 8.18. The van der Waals surface area contributed by atoms with Gasteiger partial charge in [-0.1, -0.05) is 68.8 Å². The van der Waals surface area contributed by atoms with Crippen LogP contribution >= 0.6 is 0 Å². The number of furan rings is 1. The molecular weight excluding hydrogens is 899 g/mol. The SMILES string of the molecule is Cc1cc(C)c(-c2ccnc(-c3[c-]cccc3)c2)c(C)c1.Cc1ccc2c(c1)oc1c(-c3cc(C(C)(C)C)c(C)c[n+]3-c3ccnc(-c4[c-]cccc4)c3)cccc12.[Ir]. The Morgan fingerprint density at radius 2 is 1.25 bits per heavy atom. The normalized spacial score (nSPS) is 11.3. The molecule has 0 unspecified atom stereocenters.